The van der Waals surface area contributed by atoms with Gasteiger partial charge in [-0.2, -0.15) is 0 Å². The van der Waals surface area contributed by atoms with Gasteiger partial charge in [0.15, 0.2) is 0 Å². The molecule has 5 rings (SSSR count). The number of anilines is 3. The maximum atomic E-state index is 10.2. The molecule has 1 N–H and O–H groups in total. The minimum absolute atomic E-state index is 0.0376. The molecular weight excluding hydrogens is 306 g/mol. The smallest absolute Gasteiger partial charge is 0.116 e. The lowest BCUT2D eigenvalue weighted by molar-refractivity contribution is 0.468. The van der Waals surface area contributed by atoms with Gasteiger partial charge in [-0.25, -0.2) is 0 Å². The highest BCUT2D eigenvalue weighted by Crippen LogP contribution is 2.58. The summed E-state index contributed by atoms with van der Waals surface area (Å²) in [6.45, 7) is 0. The number of rotatable bonds is 1. The maximum Gasteiger partial charge on any atom is 0.116 e. The lowest BCUT2D eigenvalue weighted by Gasteiger charge is -2.44. The van der Waals surface area contributed by atoms with Crippen LogP contribution in [0.4, 0.5) is 17.1 Å². The fourth-order valence-electron chi connectivity index (χ4n) is 4.82. The van der Waals surface area contributed by atoms with Crippen LogP contribution in [-0.4, -0.2) is 5.11 Å². The molecule has 3 aromatic carbocycles. The number of para-hydroxylation sites is 2. The fourth-order valence-corrected chi connectivity index (χ4v) is 4.82. The summed E-state index contributed by atoms with van der Waals surface area (Å²) in [5, 5.41) is 10.2. The van der Waals surface area contributed by atoms with E-state index >= 15 is 0 Å². The van der Waals surface area contributed by atoms with E-state index in [1.54, 1.807) is 0 Å². The molecule has 2 nitrogen and oxygen atoms in total. The lowest BCUT2D eigenvalue weighted by Crippen LogP contribution is -2.33. The Morgan fingerprint density at radius 2 is 1.40 bits per heavy atom. The summed E-state index contributed by atoms with van der Waals surface area (Å²) in [5.41, 5.74) is 6.34. The molecule has 0 amide bonds. The zero-order valence-corrected chi connectivity index (χ0v) is 14.2. The first-order valence-electron chi connectivity index (χ1n) is 9.08. The van der Waals surface area contributed by atoms with Crippen LogP contribution in [0.3, 0.4) is 0 Å². The van der Waals surface area contributed by atoms with E-state index in [1.807, 2.05) is 12.1 Å². The Morgan fingerprint density at radius 3 is 2.20 bits per heavy atom. The first-order chi connectivity index (χ1) is 12.3. The van der Waals surface area contributed by atoms with Crippen LogP contribution < -0.4 is 4.90 Å². The van der Waals surface area contributed by atoms with Crippen LogP contribution in [0.2, 0.25) is 0 Å². The fraction of sp³-hybridized carbons (Fsp3) is 0.217. The van der Waals surface area contributed by atoms with Crippen molar-refractivity contribution >= 4 is 17.1 Å². The third kappa shape index (κ3) is 2.03. The third-order valence-electron chi connectivity index (χ3n) is 5.87. The van der Waals surface area contributed by atoms with Gasteiger partial charge in [-0.15, -0.1) is 0 Å². The summed E-state index contributed by atoms with van der Waals surface area (Å²) in [5.74, 6) is 0.359. The van der Waals surface area contributed by atoms with Gasteiger partial charge in [0.1, 0.15) is 5.75 Å². The standard InChI is InChI=1S/C23H21NO/c25-18-12-13-22-20(16-18)23(14-6-7-15-23)19-10-4-5-11-21(19)24(22)17-8-2-1-3-9-17/h1-5,8-13,16,25H,6-7,14-15H2. The number of fused-ring (bicyclic) bond motifs is 4. The van der Waals surface area contributed by atoms with Crippen molar-refractivity contribution in [3.05, 3.63) is 83.9 Å². The molecule has 1 saturated carbocycles. The summed E-state index contributed by atoms with van der Waals surface area (Å²) in [4.78, 5) is 2.34. The average molecular weight is 327 g/mol. The molecule has 0 unspecified atom stereocenters. The number of hydrogen-bond acceptors (Lipinski definition) is 2. The van der Waals surface area contributed by atoms with E-state index in [1.165, 1.54) is 35.3 Å². The maximum absolute atomic E-state index is 10.2. The second-order valence-electron chi connectivity index (χ2n) is 7.18. The predicted octanol–water partition coefficient (Wildman–Crippen LogP) is 6.04. The molecule has 1 heterocycles. The summed E-state index contributed by atoms with van der Waals surface area (Å²) >= 11 is 0. The molecule has 0 aromatic heterocycles. The van der Waals surface area contributed by atoms with Crippen molar-refractivity contribution in [2.75, 3.05) is 4.90 Å². The van der Waals surface area contributed by atoms with Gasteiger partial charge in [-0.1, -0.05) is 49.2 Å². The summed E-state index contributed by atoms with van der Waals surface area (Å²) in [6, 6.07) is 25.2. The monoisotopic (exact) mass is 327 g/mol. The van der Waals surface area contributed by atoms with Gasteiger partial charge in [-0.05, 0) is 60.4 Å². The molecule has 0 radical (unpaired) electrons. The molecule has 124 valence electrons. The summed E-state index contributed by atoms with van der Waals surface area (Å²) in [6.07, 6.45) is 4.80. The molecule has 2 aliphatic rings. The van der Waals surface area contributed by atoms with Gasteiger partial charge in [-0.3, -0.25) is 0 Å². The molecule has 0 saturated heterocycles. The molecule has 1 spiro atoms. The average Bonchev–Trinajstić information content (AvgIpc) is 3.14. The largest absolute Gasteiger partial charge is 0.508 e. The summed E-state index contributed by atoms with van der Waals surface area (Å²) in [7, 11) is 0. The molecule has 25 heavy (non-hydrogen) atoms. The van der Waals surface area contributed by atoms with Gasteiger partial charge in [0.05, 0.1) is 11.4 Å². The number of hydrogen-bond donors (Lipinski definition) is 1. The first-order valence-corrected chi connectivity index (χ1v) is 9.08. The normalized spacial score (nSPS) is 17.4. The van der Waals surface area contributed by atoms with Gasteiger partial charge in [0.25, 0.3) is 0 Å². The Hall–Kier alpha value is -2.74. The van der Waals surface area contributed by atoms with E-state index in [4.69, 9.17) is 0 Å². The van der Waals surface area contributed by atoms with E-state index in [2.05, 4.69) is 65.6 Å². The third-order valence-corrected chi connectivity index (χ3v) is 5.87. The van der Waals surface area contributed by atoms with Gasteiger partial charge < -0.3 is 10.0 Å². The number of phenols is 1. The zero-order valence-electron chi connectivity index (χ0n) is 14.2. The van der Waals surface area contributed by atoms with Crippen LogP contribution in [-0.2, 0) is 5.41 Å². The van der Waals surface area contributed by atoms with Crippen molar-refractivity contribution in [3.8, 4) is 5.75 Å². The zero-order chi connectivity index (χ0) is 16.9. The van der Waals surface area contributed by atoms with Gasteiger partial charge in [0.2, 0.25) is 0 Å². The van der Waals surface area contributed by atoms with E-state index in [9.17, 15) is 5.11 Å². The Balaban J connectivity index is 1.84. The van der Waals surface area contributed by atoms with Crippen molar-refractivity contribution in [1.29, 1.82) is 0 Å². The molecule has 1 aliphatic heterocycles. The molecule has 0 atom stereocenters. The van der Waals surface area contributed by atoms with Crippen molar-refractivity contribution < 1.29 is 5.11 Å². The number of aromatic hydroxyl groups is 1. The van der Waals surface area contributed by atoms with Crippen LogP contribution in [0.5, 0.6) is 5.75 Å². The summed E-state index contributed by atoms with van der Waals surface area (Å²) < 4.78 is 0. The second-order valence-corrected chi connectivity index (χ2v) is 7.18. The lowest BCUT2D eigenvalue weighted by atomic mass is 9.69. The number of benzene rings is 3. The molecule has 1 aliphatic carbocycles. The highest BCUT2D eigenvalue weighted by molar-refractivity contribution is 5.86. The Morgan fingerprint density at radius 1 is 0.720 bits per heavy atom. The SMILES string of the molecule is Oc1ccc2c(c1)C1(CCCC1)c1ccccc1N2c1ccccc1. The van der Waals surface area contributed by atoms with E-state index in [0.717, 1.165) is 18.5 Å². The Labute approximate surface area is 148 Å². The number of phenolic OH excluding ortho intramolecular Hbond substituents is 1. The molecule has 0 bridgehead atoms. The Kier molecular flexibility index (Phi) is 3.14. The van der Waals surface area contributed by atoms with Crippen molar-refractivity contribution in [1.82, 2.24) is 0 Å². The predicted molar refractivity (Wildman–Crippen MR) is 102 cm³/mol. The molecule has 2 heteroatoms. The highest BCUT2D eigenvalue weighted by Gasteiger charge is 2.45. The van der Waals surface area contributed by atoms with Crippen LogP contribution in [0.15, 0.2) is 72.8 Å². The van der Waals surface area contributed by atoms with Crippen LogP contribution in [0, 0.1) is 0 Å². The van der Waals surface area contributed by atoms with Crippen molar-refractivity contribution in [2.45, 2.75) is 31.1 Å². The quantitative estimate of drug-likeness (QED) is 0.589. The highest BCUT2D eigenvalue weighted by atomic mass is 16.3. The second kappa shape index (κ2) is 5.38. The Bertz CT molecular complexity index is 926. The molecule has 1 fully saturated rings. The minimum Gasteiger partial charge on any atom is -0.508 e. The van der Waals surface area contributed by atoms with Crippen LogP contribution >= 0.6 is 0 Å². The minimum atomic E-state index is 0.0376. The van der Waals surface area contributed by atoms with E-state index in [0.29, 0.717) is 5.75 Å². The van der Waals surface area contributed by atoms with Crippen LogP contribution in [0.25, 0.3) is 0 Å². The number of nitrogens with zero attached hydrogens (tertiary/aromatic N) is 1. The van der Waals surface area contributed by atoms with E-state index in [-0.39, 0.29) is 5.41 Å². The topological polar surface area (TPSA) is 23.5 Å². The van der Waals surface area contributed by atoms with Gasteiger partial charge >= 0.3 is 0 Å². The molecular formula is C23H21NO. The van der Waals surface area contributed by atoms with E-state index < -0.39 is 0 Å². The van der Waals surface area contributed by atoms with Gasteiger partial charge in [0, 0.05) is 11.1 Å². The van der Waals surface area contributed by atoms with Crippen molar-refractivity contribution in [3.63, 3.8) is 0 Å². The van der Waals surface area contributed by atoms with Crippen molar-refractivity contribution in [2.24, 2.45) is 0 Å². The first kappa shape index (κ1) is 14.6. The molecule has 3 aromatic rings. The van der Waals surface area contributed by atoms with Crippen LogP contribution in [0.1, 0.15) is 36.8 Å².